The summed E-state index contributed by atoms with van der Waals surface area (Å²) in [6.07, 6.45) is 3.64. The monoisotopic (exact) mass is 246 g/mol. The molecule has 0 spiro atoms. The zero-order valence-corrected chi connectivity index (χ0v) is 10.4. The molecular formula is C13H20F2O2. The molecule has 1 aliphatic rings. The van der Waals surface area contributed by atoms with Crippen LogP contribution in [0.4, 0.5) is 8.78 Å². The minimum Gasteiger partial charge on any atom is -0.370 e. The van der Waals surface area contributed by atoms with E-state index < -0.39 is 5.92 Å². The Kier molecular flexibility index (Phi) is 5.25. The van der Waals surface area contributed by atoms with Crippen LogP contribution in [0.2, 0.25) is 0 Å². The Labute approximate surface area is 101 Å². The first-order valence-corrected chi connectivity index (χ1v) is 6.10. The van der Waals surface area contributed by atoms with Crippen molar-refractivity contribution in [3.63, 3.8) is 0 Å². The molecule has 0 saturated heterocycles. The minimum absolute atomic E-state index is 0.0226. The van der Waals surface area contributed by atoms with Gasteiger partial charge in [-0.1, -0.05) is 19.9 Å². The van der Waals surface area contributed by atoms with Crippen LogP contribution in [0.15, 0.2) is 12.2 Å². The number of hydrogen-bond acceptors (Lipinski definition) is 2. The number of hydrogen-bond donors (Lipinski definition) is 0. The van der Waals surface area contributed by atoms with Crippen molar-refractivity contribution < 1.29 is 18.3 Å². The number of halogens is 2. The Bertz CT molecular complexity index is 285. The van der Waals surface area contributed by atoms with E-state index in [1.54, 1.807) is 13.8 Å². The standard InChI is InChI=1S/C13H20F2O2/c1-10(2)12(16)9-17-11-5-3-4-7-13(14,15)8-6-11/h4,7,10-11H,3,5-6,8-9H2,1-2H3/b7-4-. The largest absolute Gasteiger partial charge is 0.370 e. The maximum absolute atomic E-state index is 13.1. The lowest BCUT2D eigenvalue weighted by molar-refractivity contribution is -0.129. The molecule has 1 atom stereocenters. The molecule has 1 aliphatic carbocycles. The van der Waals surface area contributed by atoms with Crippen LogP contribution < -0.4 is 0 Å². The van der Waals surface area contributed by atoms with Crippen LogP contribution in [0.5, 0.6) is 0 Å². The second-order valence-electron chi connectivity index (χ2n) is 4.83. The quantitative estimate of drug-likeness (QED) is 0.711. The van der Waals surface area contributed by atoms with Gasteiger partial charge >= 0.3 is 0 Å². The fourth-order valence-electron chi connectivity index (χ4n) is 1.65. The molecule has 0 aromatic rings. The molecule has 0 heterocycles. The van der Waals surface area contributed by atoms with E-state index in [0.717, 1.165) is 6.08 Å². The lowest BCUT2D eigenvalue weighted by Gasteiger charge is -2.22. The zero-order chi connectivity index (χ0) is 12.9. The summed E-state index contributed by atoms with van der Waals surface area (Å²) in [6.45, 7) is 3.65. The van der Waals surface area contributed by atoms with E-state index in [9.17, 15) is 13.6 Å². The fraction of sp³-hybridized carbons (Fsp3) is 0.769. The molecule has 0 aliphatic heterocycles. The summed E-state index contributed by atoms with van der Waals surface area (Å²) >= 11 is 0. The molecule has 4 heteroatoms. The van der Waals surface area contributed by atoms with Gasteiger partial charge in [0.25, 0.3) is 5.92 Å². The molecule has 0 saturated carbocycles. The number of carbonyl (C=O) groups excluding carboxylic acids is 1. The molecule has 1 rings (SSSR count). The molecule has 2 nitrogen and oxygen atoms in total. The van der Waals surface area contributed by atoms with Crippen LogP contribution in [0.25, 0.3) is 0 Å². The normalized spacial score (nSPS) is 26.3. The first kappa shape index (κ1) is 14.3. The average Bonchev–Trinajstić information content (AvgIpc) is 2.23. The highest BCUT2D eigenvalue weighted by molar-refractivity contribution is 5.81. The van der Waals surface area contributed by atoms with Crippen molar-refractivity contribution in [2.45, 2.75) is 51.6 Å². The van der Waals surface area contributed by atoms with Gasteiger partial charge in [0, 0.05) is 12.3 Å². The molecule has 0 radical (unpaired) electrons. The molecule has 0 aromatic heterocycles. The minimum atomic E-state index is -2.73. The molecule has 0 amide bonds. The Morgan fingerprint density at radius 2 is 2.18 bits per heavy atom. The van der Waals surface area contributed by atoms with Crippen LogP contribution >= 0.6 is 0 Å². The Balaban J connectivity index is 2.40. The number of carbonyl (C=O) groups is 1. The second kappa shape index (κ2) is 6.24. The zero-order valence-electron chi connectivity index (χ0n) is 10.4. The van der Waals surface area contributed by atoms with Crippen molar-refractivity contribution in [3.05, 3.63) is 12.2 Å². The molecule has 0 fully saturated rings. The van der Waals surface area contributed by atoms with Crippen LogP contribution in [0.3, 0.4) is 0 Å². The lowest BCUT2D eigenvalue weighted by Crippen LogP contribution is -2.25. The Morgan fingerprint density at radius 1 is 1.47 bits per heavy atom. The third-order valence-electron chi connectivity index (χ3n) is 2.92. The third-order valence-corrected chi connectivity index (χ3v) is 2.92. The summed E-state index contributed by atoms with van der Waals surface area (Å²) < 4.78 is 31.7. The Hall–Kier alpha value is -0.770. The van der Waals surface area contributed by atoms with Gasteiger partial charge in [-0.3, -0.25) is 4.79 Å². The lowest BCUT2D eigenvalue weighted by atomic mass is 10.0. The van der Waals surface area contributed by atoms with Gasteiger partial charge in [-0.25, -0.2) is 8.78 Å². The third kappa shape index (κ3) is 5.39. The van der Waals surface area contributed by atoms with Gasteiger partial charge in [0.1, 0.15) is 6.61 Å². The van der Waals surface area contributed by atoms with E-state index >= 15 is 0 Å². The van der Waals surface area contributed by atoms with E-state index in [0.29, 0.717) is 19.3 Å². The van der Waals surface area contributed by atoms with Gasteiger partial charge < -0.3 is 4.74 Å². The number of rotatable bonds is 4. The van der Waals surface area contributed by atoms with Crippen molar-refractivity contribution in [1.29, 1.82) is 0 Å². The Morgan fingerprint density at radius 3 is 2.82 bits per heavy atom. The summed E-state index contributed by atoms with van der Waals surface area (Å²) in [7, 11) is 0. The highest BCUT2D eigenvalue weighted by Gasteiger charge is 2.28. The first-order chi connectivity index (χ1) is 7.91. The number of allylic oxidation sites excluding steroid dienone is 2. The van der Waals surface area contributed by atoms with Crippen LogP contribution in [0.1, 0.15) is 39.5 Å². The van der Waals surface area contributed by atoms with E-state index in [1.165, 1.54) is 6.08 Å². The summed E-state index contributed by atoms with van der Waals surface area (Å²) in [5, 5.41) is 0. The van der Waals surface area contributed by atoms with Gasteiger partial charge in [0.2, 0.25) is 0 Å². The first-order valence-electron chi connectivity index (χ1n) is 6.10. The highest BCUT2D eigenvalue weighted by Crippen LogP contribution is 2.27. The summed E-state index contributed by atoms with van der Waals surface area (Å²) in [6, 6.07) is 0. The number of ketones is 1. The van der Waals surface area contributed by atoms with Gasteiger partial charge in [0.05, 0.1) is 6.10 Å². The molecule has 17 heavy (non-hydrogen) atoms. The van der Waals surface area contributed by atoms with Gasteiger partial charge in [-0.15, -0.1) is 0 Å². The van der Waals surface area contributed by atoms with Crippen LogP contribution in [-0.4, -0.2) is 24.4 Å². The summed E-state index contributed by atoms with van der Waals surface area (Å²) in [4.78, 5) is 11.4. The van der Waals surface area contributed by atoms with Crippen molar-refractivity contribution in [1.82, 2.24) is 0 Å². The molecule has 0 N–H and O–H groups in total. The number of ether oxygens (including phenoxy) is 1. The van der Waals surface area contributed by atoms with Gasteiger partial charge in [-0.05, 0) is 25.3 Å². The van der Waals surface area contributed by atoms with Crippen LogP contribution in [0, 0.1) is 5.92 Å². The van der Waals surface area contributed by atoms with E-state index in [2.05, 4.69) is 0 Å². The second-order valence-corrected chi connectivity index (χ2v) is 4.83. The number of alkyl halides is 2. The van der Waals surface area contributed by atoms with E-state index in [-0.39, 0.29) is 30.8 Å². The maximum Gasteiger partial charge on any atom is 0.266 e. The maximum atomic E-state index is 13.1. The van der Waals surface area contributed by atoms with Crippen molar-refractivity contribution in [2.75, 3.05) is 6.61 Å². The van der Waals surface area contributed by atoms with E-state index in [4.69, 9.17) is 4.74 Å². The predicted octanol–water partition coefficient (Wildman–Crippen LogP) is 3.36. The van der Waals surface area contributed by atoms with Crippen molar-refractivity contribution in [3.8, 4) is 0 Å². The smallest absolute Gasteiger partial charge is 0.266 e. The molecule has 0 bridgehead atoms. The van der Waals surface area contributed by atoms with E-state index in [1.807, 2.05) is 0 Å². The average molecular weight is 246 g/mol. The van der Waals surface area contributed by atoms with Crippen LogP contribution in [-0.2, 0) is 9.53 Å². The van der Waals surface area contributed by atoms with Crippen molar-refractivity contribution in [2.24, 2.45) is 5.92 Å². The topological polar surface area (TPSA) is 26.3 Å². The SMILES string of the molecule is CC(C)C(=O)COC1CC/C=C\C(F)(F)CC1. The molecule has 98 valence electrons. The number of Topliss-reactive ketones (excluding diaryl/α,β-unsaturated/α-hetero) is 1. The highest BCUT2D eigenvalue weighted by atomic mass is 19.3. The fourth-order valence-corrected chi connectivity index (χ4v) is 1.65. The molecule has 0 aromatic carbocycles. The summed E-state index contributed by atoms with van der Waals surface area (Å²) in [5.41, 5.74) is 0. The predicted molar refractivity (Wildman–Crippen MR) is 62.1 cm³/mol. The van der Waals surface area contributed by atoms with Gasteiger partial charge in [0.15, 0.2) is 5.78 Å². The molecular weight excluding hydrogens is 226 g/mol. The summed E-state index contributed by atoms with van der Waals surface area (Å²) in [5.74, 6) is -2.77. The molecule has 1 unspecified atom stereocenters. The van der Waals surface area contributed by atoms with Gasteiger partial charge in [-0.2, -0.15) is 0 Å². The van der Waals surface area contributed by atoms with Crippen molar-refractivity contribution >= 4 is 5.78 Å².